The van der Waals surface area contributed by atoms with Crippen LogP contribution in [0.3, 0.4) is 0 Å². The molecule has 0 spiro atoms. The molecule has 2 bridgehead atoms. The van der Waals surface area contributed by atoms with Gasteiger partial charge in [-0.3, -0.25) is 0 Å². The number of halogens is 3. The molecule has 3 nitrogen and oxygen atoms in total. The zero-order chi connectivity index (χ0) is 13.6. The first kappa shape index (κ1) is 12.7. The van der Waals surface area contributed by atoms with Gasteiger partial charge in [0.05, 0.1) is 11.7 Å². The minimum atomic E-state index is -4.34. The lowest BCUT2D eigenvalue weighted by atomic mass is 10.00. The normalized spacial score (nSPS) is 30.7. The predicted molar refractivity (Wildman–Crippen MR) is 63.8 cm³/mol. The zero-order valence-corrected chi connectivity index (χ0v) is 10.3. The van der Waals surface area contributed by atoms with E-state index in [2.05, 4.69) is 9.88 Å². The summed E-state index contributed by atoms with van der Waals surface area (Å²) in [6.07, 6.45) is -0.432. The number of aromatic nitrogens is 1. The van der Waals surface area contributed by atoms with E-state index in [4.69, 9.17) is 0 Å². The number of rotatable bonds is 1. The van der Waals surface area contributed by atoms with Crippen LogP contribution < -0.4 is 4.90 Å². The molecule has 0 amide bonds. The number of hydrogen-bond donors (Lipinski definition) is 1. The van der Waals surface area contributed by atoms with Crippen LogP contribution in [-0.4, -0.2) is 28.3 Å². The number of nitrogens with zero attached hydrogens (tertiary/aromatic N) is 2. The minimum Gasteiger partial charge on any atom is -0.393 e. The Kier molecular flexibility index (Phi) is 2.92. The van der Waals surface area contributed by atoms with Crippen molar-refractivity contribution in [1.82, 2.24) is 4.98 Å². The number of aliphatic hydroxyl groups is 1. The van der Waals surface area contributed by atoms with Gasteiger partial charge < -0.3 is 10.0 Å². The fourth-order valence-corrected chi connectivity index (χ4v) is 3.23. The molecular formula is C13H15F3N2O. The maximum Gasteiger partial charge on any atom is 0.417 e. The van der Waals surface area contributed by atoms with Gasteiger partial charge in [0.25, 0.3) is 0 Å². The van der Waals surface area contributed by atoms with Gasteiger partial charge in [0.2, 0.25) is 0 Å². The molecule has 0 radical (unpaired) electrons. The van der Waals surface area contributed by atoms with E-state index < -0.39 is 11.7 Å². The molecule has 2 aliphatic rings. The molecule has 3 heterocycles. The van der Waals surface area contributed by atoms with Crippen molar-refractivity contribution in [2.24, 2.45) is 0 Å². The van der Waals surface area contributed by atoms with E-state index >= 15 is 0 Å². The van der Waals surface area contributed by atoms with Gasteiger partial charge >= 0.3 is 6.18 Å². The second kappa shape index (κ2) is 4.37. The lowest BCUT2D eigenvalue weighted by Crippen LogP contribution is -2.45. The summed E-state index contributed by atoms with van der Waals surface area (Å²) in [4.78, 5) is 6.04. The summed E-state index contributed by atoms with van der Waals surface area (Å²) >= 11 is 0. The number of pyridine rings is 1. The summed E-state index contributed by atoms with van der Waals surface area (Å²) in [5.41, 5.74) is -0.722. The van der Waals surface area contributed by atoms with Crippen LogP contribution in [0.1, 0.15) is 31.2 Å². The smallest absolute Gasteiger partial charge is 0.393 e. The van der Waals surface area contributed by atoms with Crippen LogP contribution >= 0.6 is 0 Å². The second-order valence-electron chi connectivity index (χ2n) is 5.32. The topological polar surface area (TPSA) is 36.4 Å². The van der Waals surface area contributed by atoms with Gasteiger partial charge in [-0.05, 0) is 37.8 Å². The predicted octanol–water partition coefficient (Wildman–Crippen LogP) is 2.59. The van der Waals surface area contributed by atoms with Crippen LogP contribution in [0.5, 0.6) is 0 Å². The largest absolute Gasteiger partial charge is 0.417 e. The lowest BCUT2D eigenvalue weighted by Gasteiger charge is -2.38. The number of alkyl halides is 3. The second-order valence-corrected chi connectivity index (χ2v) is 5.32. The Morgan fingerprint density at radius 2 is 1.79 bits per heavy atom. The quantitative estimate of drug-likeness (QED) is 0.853. The van der Waals surface area contributed by atoms with E-state index in [-0.39, 0.29) is 18.2 Å². The summed E-state index contributed by atoms with van der Waals surface area (Å²) < 4.78 is 37.5. The van der Waals surface area contributed by atoms with Crippen molar-refractivity contribution in [2.75, 3.05) is 4.90 Å². The van der Waals surface area contributed by atoms with E-state index in [0.717, 1.165) is 25.1 Å². The molecular weight excluding hydrogens is 257 g/mol. The molecule has 1 aromatic heterocycles. The lowest BCUT2D eigenvalue weighted by molar-refractivity contribution is -0.137. The van der Waals surface area contributed by atoms with E-state index in [1.165, 1.54) is 6.07 Å². The Morgan fingerprint density at radius 3 is 2.26 bits per heavy atom. The Labute approximate surface area is 109 Å². The Bertz CT molecular complexity index is 446. The first-order valence-corrected chi connectivity index (χ1v) is 6.45. The number of anilines is 1. The average molecular weight is 272 g/mol. The summed E-state index contributed by atoms with van der Waals surface area (Å²) in [5.74, 6) is 0.590. The van der Waals surface area contributed by atoms with Gasteiger partial charge in [0.1, 0.15) is 5.82 Å². The van der Waals surface area contributed by atoms with Crippen LogP contribution in [0.25, 0.3) is 0 Å². The maximum atomic E-state index is 12.5. The summed E-state index contributed by atoms with van der Waals surface area (Å²) in [6, 6.07) is 2.93. The van der Waals surface area contributed by atoms with E-state index in [1.807, 2.05) is 0 Å². The first-order valence-electron chi connectivity index (χ1n) is 6.45. The van der Waals surface area contributed by atoms with Crippen molar-refractivity contribution >= 4 is 5.82 Å². The van der Waals surface area contributed by atoms with Crippen LogP contribution in [0, 0.1) is 0 Å². The highest BCUT2D eigenvalue weighted by atomic mass is 19.4. The van der Waals surface area contributed by atoms with Crippen LogP contribution in [0.15, 0.2) is 18.3 Å². The van der Waals surface area contributed by atoms with Crippen molar-refractivity contribution in [3.63, 3.8) is 0 Å². The molecule has 3 rings (SSSR count). The molecule has 104 valence electrons. The molecule has 0 aliphatic carbocycles. The van der Waals surface area contributed by atoms with Gasteiger partial charge in [-0.1, -0.05) is 0 Å². The van der Waals surface area contributed by atoms with Crippen LogP contribution in [-0.2, 0) is 6.18 Å². The highest BCUT2D eigenvalue weighted by Gasteiger charge is 2.41. The summed E-state index contributed by atoms with van der Waals surface area (Å²) in [7, 11) is 0. The molecule has 1 N–H and O–H groups in total. The summed E-state index contributed by atoms with van der Waals surface area (Å²) in [6.45, 7) is 0. The third-order valence-electron chi connectivity index (χ3n) is 4.05. The SMILES string of the molecule is O[C@@H]1C[C@H]2CC[C@@H](C1)N2c1ccc(C(F)(F)F)cn1. The van der Waals surface area contributed by atoms with Crippen molar-refractivity contribution in [2.45, 2.75) is 50.0 Å². The highest BCUT2D eigenvalue weighted by molar-refractivity contribution is 5.44. The number of aliphatic hydroxyl groups excluding tert-OH is 1. The molecule has 19 heavy (non-hydrogen) atoms. The van der Waals surface area contributed by atoms with Crippen LogP contribution in [0.2, 0.25) is 0 Å². The number of piperidine rings is 1. The molecule has 2 aliphatic heterocycles. The van der Waals surface area contributed by atoms with Gasteiger partial charge in [-0.25, -0.2) is 4.98 Å². The monoisotopic (exact) mass is 272 g/mol. The molecule has 0 aromatic carbocycles. The average Bonchev–Trinajstić information content (AvgIpc) is 2.61. The molecule has 0 saturated carbocycles. The summed E-state index contributed by atoms with van der Waals surface area (Å²) in [5, 5.41) is 9.71. The van der Waals surface area contributed by atoms with Gasteiger partial charge in [0, 0.05) is 18.3 Å². The number of hydrogen-bond acceptors (Lipinski definition) is 3. The molecule has 3 atom stereocenters. The maximum absolute atomic E-state index is 12.5. The fraction of sp³-hybridized carbons (Fsp3) is 0.615. The van der Waals surface area contributed by atoms with E-state index in [1.54, 1.807) is 0 Å². The van der Waals surface area contributed by atoms with Crippen molar-refractivity contribution < 1.29 is 18.3 Å². The Morgan fingerprint density at radius 1 is 1.16 bits per heavy atom. The zero-order valence-electron chi connectivity index (χ0n) is 10.3. The minimum absolute atomic E-state index is 0.206. The number of fused-ring (bicyclic) bond motifs is 2. The van der Waals surface area contributed by atoms with Gasteiger partial charge in [-0.2, -0.15) is 13.2 Å². The van der Waals surface area contributed by atoms with Crippen molar-refractivity contribution in [3.8, 4) is 0 Å². The van der Waals surface area contributed by atoms with Crippen molar-refractivity contribution in [3.05, 3.63) is 23.9 Å². The molecule has 1 aromatic rings. The standard InChI is InChI=1S/C13H15F3N2O/c14-13(15,16)8-1-4-12(17-7-8)18-9-2-3-10(18)6-11(19)5-9/h1,4,7,9-11,19H,2-3,5-6H2/t9-,10+,11-. The van der Waals surface area contributed by atoms with Crippen LogP contribution in [0.4, 0.5) is 19.0 Å². The van der Waals surface area contributed by atoms with Gasteiger partial charge in [0.15, 0.2) is 0 Å². The van der Waals surface area contributed by atoms with Gasteiger partial charge in [-0.15, -0.1) is 0 Å². The Hall–Kier alpha value is -1.30. The molecule has 2 fully saturated rings. The van der Waals surface area contributed by atoms with E-state index in [0.29, 0.717) is 18.7 Å². The molecule has 6 heteroatoms. The first-order chi connectivity index (χ1) is 8.95. The van der Waals surface area contributed by atoms with E-state index in [9.17, 15) is 18.3 Å². The van der Waals surface area contributed by atoms with Crippen molar-refractivity contribution in [1.29, 1.82) is 0 Å². The third kappa shape index (κ3) is 2.29. The Balaban J connectivity index is 1.84. The third-order valence-corrected chi connectivity index (χ3v) is 4.05. The molecule has 2 saturated heterocycles. The highest BCUT2D eigenvalue weighted by Crippen LogP contribution is 2.39. The fourth-order valence-electron chi connectivity index (χ4n) is 3.23. The molecule has 0 unspecified atom stereocenters.